The average molecular weight is 364 g/mol. The number of nitrogens with zero attached hydrogens (tertiary/aromatic N) is 1. The number of anilines is 1. The molecule has 0 bridgehead atoms. The minimum atomic E-state index is -3.68. The van der Waals surface area contributed by atoms with E-state index in [9.17, 15) is 17.6 Å². The fraction of sp³-hybridized carbons (Fsp3) is 0.278. The van der Waals surface area contributed by atoms with Crippen LogP contribution in [0.3, 0.4) is 0 Å². The number of rotatable bonds is 6. The van der Waals surface area contributed by atoms with Gasteiger partial charge in [0.15, 0.2) is 0 Å². The van der Waals surface area contributed by atoms with Crippen LogP contribution in [0.25, 0.3) is 0 Å². The van der Waals surface area contributed by atoms with Gasteiger partial charge in [-0.3, -0.25) is 4.79 Å². The third-order valence-electron chi connectivity index (χ3n) is 3.84. The summed E-state index contributed by atoms with van der Waals surface area (Å²) in [6.45, 7) is 3.12. The Hall–Kier alpha value is -2.25. The molecule has 0 saturated heterocycles. The standard InChI is InChI=1S/C18H21FN2O3S/c1-13-7-6-8-14(2)18(13)20-17(22)12-21(25(3,23)24)11-15-9-4-5-10-16(15)19/h4-10H,11-12H2,1-3H3,(H,20,22). The van der Waals surface area contributed by atoms with Gasteiger partial charge in [-0.05, 0) is 31.0 Å². The molecule has 0 aromatic heterocycles. The van der Waals surface area contributed by atoms with Crippen molar-refractivity contribution in [3.63, 3.8) is 0 Å². The first-order valence-corrected chi connectivity index (χ1v) is 9.58. The minimum Gasteiger partial charge on any atom is -0.324 e. The van der Waals surface area contributed by atoms with Crippen molar-refractivity contribution in [1.29, 1.82) is 0 Å². The van der Waals surface area contributed by atoms with Crippen LogP contribution in [0.2, 0.25) is 0 Å². The lowest BCUT2D eigenvalue weighted by Gasteiger charge is -2.20. The van der Waals surface area contributed by atoms with E-state index in [-0.39, 0.29) is 18.7 Å². The van der Waals surface area contributed by atoms with E-state index < -0.39 is 21.7 Å². The van der Waals surface area contributed by atoms with Crippen molar-refractivity contribution < 1.29 is 17.6 Å². The van der Waals surface area contributed by atoms with Crippen molar-refractivity contribution in [2.75, 3.05) is 18.1 Å². The van der Waals surface area contributed by atoms with Crippen LogP contribution < -0.4 is 5.32 Å². The maximum Gasteiger partial charge on any atom is 0.239 e. The molecule has 0 radical (unpaired) electrons. The highest BCUT2D eigenvalue weighted by molar-refractivity contribution is 7.88. The molecule has 1 amide bonds. The van der Waals surface area contributed by atoms with Gasteiger partial charge in [0, 0.05) is 17.8 Å². The Bertz CT molecular complexity index is 861. The van der Waals surface area contributed by atoms with Gasteiger partial charge in [-0.25, -0.2) is 12.8 Å². The molecule has 0 aliphatic carbocycles. The van der Waals surface area contributed by atoms with Gasteiger partial charge in [0.2, 0.25) is 15.9 Å². The third kappa shape index (κ3) is 5.11. The summed E-state index contributed by atoms with van der Waals surface area (Å²) in [6, 6.07) is 11.5. The Balaban J connectivity index is 2.18. The zero-order valence-corrected chi connectivity index (χ0v) is 15.2. The van der Waals surface area contributed by atoms with Crippen LogP contribution in [-0.4, -0.2) is 31.4 Å². The summed E-state index contributed by atoms with van der Waals surface area (Å²) < 4.78 is 38.7. The van der Waals surface area contributed by atoms with Gasteiger partial charge >= 0.3 is 0 Å². The second-order valence-corrected chi connectivity index (χ2v) is 7.92. The SMILES string of the molecule is Cc1cccc(C)c1NC(=O)CN(Cc1ccccc1F)S(C)(=O)=O. The topological polar surface area (TPSA) is 66.5 Å². The Labute approximate surface area is 147 Å². The average Bonchev–Trinajstić information content (AvgIpc) is 2.51. The fourth-order valence-corrected chi connectivity index (χ4v) is 3.18. The van der Waals surface area contributed by atoms with Gasteiger partial charge in [0.05, 0.1) is 12.8 Å². The van der Waals surface area contributed by atoms with Gasteiger partial charge in [-0.2, -0.15) is 4.31 Å². The summed E-state index contributed by atoms with van der Waals surface area (Å²) in [6.07, 6.45) is 1.00. The summed E-state index contributed by atoms with van der Waals surface area (Å²) in [7, 11) is -3.68. The highest BCUT2D eigenvalue weighted by Gasteiger charge is 2.22. The van der Waals surface area contributed by atoms with Crippen molar-refractivity contribution in [2.45, 2.75) is 20.4 Å². The highest BCUT2D eigenvalue weighted by atomic mass is 32.2. The lowest BCUT2D eigenvalue weighted by molar-refractivity contribution is -0.116. The summed E-state index contributed by atoms with van der Waals surface area (Å²) in [5.74, 6) is -0.981. The first kappa shape index (κ1) is 19.1. The second kappa shape index (κ2) is 7.76. The predicted molar refractivity (Wildman–Crippen MR) is 96.2 cm³/mol. The van der Waals surface area contributed by atoms with Crippen molar-refractivity contribution >= 4 is 21.6 Å². The summed E-state index contributed by atoms with van der Waals surface area (Å²) >= 11 is 0. The van der Waals surface area contributed by atoms with Crippen LogP contribution in [-0.2, 0) is 21.4 Å². The van der Waals surface area contributed by atoms with E-state index in [0.717, 1.165) is 21.7 Å². The molecule has 2 aromatic rings. The smallest absolute Gasteiger partial charge is 0.239 e. The molecule has 0 unspecified atom stereocenters. The number of hydrogen-bond donors (Lipinski definition) is 1. The van der Waals surface area contributed by atoms with Crippen LogP contribution in [0.4, 0.5) is 10.1 Å². The van der Waals surface area contributed by atoms with E-state index in [0.29, 0.717) is 5.69 Å². The molecule has 0 heterocycles. The van der Waals surface area contributed by atoms with E-state index in [1.165, 1.54) is 18.2 Å². The quantitative estimate of drug-likeness (QED) is 0.857. The Kier molecular flexibility index (Phi) is 5.92. The second-order valence-electron chi connectivity index (χ2n) is 5.94. The van der Waals surface area contributed by atoms with Crippen molar-refractivity contribution in [3.05, 3.63) is 65.0 Å². The minimum absolute atomic E-state index is 0.203. The molecule has 0 atom stereocenters. The van der Waals surface area contributed by atoms with Gasteiger partial charge in [-0.15, -0.1) is 0 Å². The number of para-hydroxylation sites is 1. The van der Waals surface area contributed by atoms with Gasteiger partial charge in [0.25, 0.3) is 0 Å². The molecule has 0 aliphatic rings. The zero-order valence-electron chi connectivity index (χ0n) is 14.4. The van der Waals surface area contributed by atoms with Crippen molar-refractivity contribution in [2.24, 2.45) is 0 Å². The van der Waals surface area contributed by atoms with Crippen LogP contribution in [0.15, 0.2) is 42.5 Å². The molecule has 5 nitrogen and oxygen atoms in total. The van der Waals surface area contributed by atoms with Gasteiger partial charge in [0.1, 0.15) is 5.82 Å². The number of benzene rings is 2. The molecular formula is C18H21FN2O3S. The number of nitrogens with one attached hydrogen (secondary N) is 1. The Morgan fingerprint density at radius 2 is 1.68 bits per heavy atom. The van der Waals surface area contributed by atoms with Crippen LogP contribution >= 0.6 is 0 Å². The maximum atomic E-state index is 13.8. The van der Waals surface area contributed by atoms with Crippen molar-refractivity contribution in [1.82, 2.24) is 4.31 Å². The number of carbonyl (C=O) groups is 1. The normalized spacial score (nSPS) is 11.6. The Morgan fingerprint density at radius 1 is 1.08 bits per heavy atom. The lowest BCUT2D eigenvalue weighted by Crippen LogP contribution is -2.37. The van der Waals surface area contributed by atoms with E-state index in [1.54, 1.807) is 6.07 Å². The number of hydrogen-bond acceptors (Lipinski definition) is 3. The fourth-order valence-electron chi connectivity index (χ4n) is 2.46. The largest absolute Gasteiger partial charge is 0.324 e. The van der Waals surface area contributed by atoms with E-state index >= 15 is 0 Å². The number of carbonyl (C=O) groups excluding carboxylic acids is 1. The maximum absolute atomic E-state index is 13.8. The Morgan fingerprint density at radius 3 is 2.24 bits per heavy atom. The van der Waals surface area contributed by atoms with E-state index in [4.69, 9.17) is 0 Å². The number of aryl methyl sites for hydroxylation is 2. The van der Waals surface area contributed by atoms with Gasteiger partial charge < -0.3 is 5.32 Å². The molecule has 1 N–H and O–H groups in total. The molecule has 0 fully saturated rings. The molecule has 0 aliphatic heterocycles. The molecule has 2 rings (SSSR count). The summed E-state index contributed by atoms with van der Waals surface area (Å²) in [4.78, 5) is 12.3. The summed E-state index contributed by atoms with van der Waals surface area (Å²) in [5, 5.41) is 2.74. The lowest BCUT2D eigenvalue weighted by atomic mass is 10.1. The first-order chi connectivity index (χ1) is 11.7. The van der Waals surface area contributed by atoms with Crippen LogP contribution in [0.5, 0.6) is 0 Å². The highest BCUT2D eigenvalue weighted by Crippen LogP contribution is 2.20. The first-order valence-electron chi connectivity index (χ1n) is 7.73. The summed E-state index contributed by atoms with van der Waals surface area (Å²) in [5.41, 5.74) is 2.64. The molecule has 25 heavy (non-hydrogen) atoms. The molecule has 0 spiro atoms. The van der Waals surface area contributed by atoms with Gasteiger partial charge in [-0.1, -0.05) is 36.4 Å². The monoisotopic (exact) mass is 364 g/mol. The molecular weight excluding hydrogens is 343 g/mol. The molecule has 7 heteroatoms. The number of amides is 1. The van der Waals surface area contributed by atoms with Crippen LogP contribution in [0, 0.1) is 19.7 Å². The zero-order chi connectivity index (χ0) is 18.6. The molecule has 134 valence electrons. The van der Waals surface area contributed by atoms with Crippen LogP contribution in [0.1, 0.15) is 16.7 Å². The number of sulfonamides is 1. The predicted octanol–water partition coefficient (Wildman–Crippen LogP) is 2.84. The van der Waals surface area contributed by atoms with E-state index in [1.807, 2.05) is 32.0 Å². The van der Waals surface area contributed by atoms with E-state index in [2.05, 4.69) is 5.32 Å². The number of halogens is 1. The molecule has 0 saturated carbocycles. The third-order valence-corrected chi connectivity index (χ3v) is 5.04. The molecule has 2 aromatic carbocycles. The van der Waals surface area contributed by atoms with Crippen molar-refractivity contribution in [3.8, 4) is 0 Å².